The Kier molecular flexibility index (Phi) is 4.77. The summed E-state index contributed by atoms with van der Waals surface area (Å²) >= 11 is 5.89. The van der Waals surface area contributed by atoms with E-state index in [1.165, 1.54) is 6.92 Å². The van der Waals surface area contributed by atoms with E-state index < -0.39 is 16.0 Å². The van der Waals surface area contributed by atoms with Crippen LogP contribution in [0.1, 0.15) is 13.3 Å². The predicted octanol–water partition coefficient (Wildman–Crippen LogP) is 1.93. The van der Waals surface area contributed by atoms with Crippen LogP contribution in [0.5, 0.6) is 0 Å². The molecule has 146 valence electrons. The molecule has 2 atom stereocenters. The molecule has 28 heavy (non-hydrogen) atoms. The Labute approximate surface area is 171 Å². The maximum absolute atomic E-state index is 15.6. The summed E-state index contributed by atoms with van der Waals surface area (Å²) in [6.45, 7) is 1.34. The van der Waals surface area contributed by atoms with Crippen LogP contribution in [0.2, 0.25) is 9.47 Å². The fourth-order valence-corrected chi connectivity index (χ4v) is 6.54. The van der Waals surface area contributed by atoms with Gasteiger partial charge in [-0.3, -0.25) is 0 Å². The molecule has 2 aromatic heterocycles. The van der Waals surface area contributed by atoms with Gasteiger partial charge in [-0.2, -0.15) is 0 Å². The van der Waals surface area contributed by atoms with Gasteiger partial charge in [0.2, 0.25) is 0 Å². The van der Waals surface area contributed by atoms with Gasteiger partial charge in [-0.05, 0) is 0 Å². The number of hydrogen-bond donors (Lipinski definition) is 1. The number of esters is 1. The topological polar surface area (TPSA) is 95.9 Å². The molecule has 0 radical (unpaired) electrons. The summed E-state index contributed by atoms with van der Waals surface area (Å²) < 4.78 is 22.8. The van der Waals surface area contributed by atoms with Crippen LogP contribution in [0, 0.1) is 0 Å². The van der Waals surface area contributed by atoms with Crippen LogP contribution in [0.3, 0.4) is 0 Å². The van der Waals surface area contributed by atoms with Crippen molar-refractivity contribution in [1.29, 1.82) is 0 Å². The predicted molar refractivity (Wildman–Crippen MR) is 104 cm³/mol. The summed E-state index contributed by atoms with van der Waals surface area (Å²) in [5.74, 6) is -0.463. The molecule has 0 spiro atoms. The Morgan fingerprint density at radius 1 is 1.39 bits per heavy atom. The Bertz CT molecular complexity index is 1050. The number of carbonyl (C=O) groups excluding carboxylic acids is 1. The molecule has 1 aliphatic carbocycles. The van der Waals surface area contributed by atoms with Gasteiger partial charge in [-0.15, -0.1) is 0 Å². The molecule has 2 N–H and O–H groups in total. The first-order valence-corrected chi connectivity index (χ1v) is 10.6. The van der Waals surface area contributed by atoms with E-state index in [2.05, 4.69) is 15.0 Å². The first-order chi connectivity index (χ1) is 13.3. The van der Waals surface area contributed by atoms with E-state index >= 15 is 4.39 Å². The van der Waals surface area contributed by atoms with Gasteiger partial charge in [0, 0.05) is 0 Å². The van der Waals surface area contributed by atoms with E-state index in [1.807, 2.05) is 30.3 Å². The third-order valence-corrected chi connectivity index (χ3v) is 8.17. The number of rotatable bonds is 6. The van der Waals surface area contributed by atoms with Gasteiger partial charge in [0.1, 0.15) is 0 Å². The Hall–Kier alpha value is -2.22. The molecule has 0 unspecified atom stereocenters. The van der Waals surface area contributed by atoms with Crippen LogP contribution in [0.4, 0.5) is 10.3 Å². The SMILES string of the molecule is CC(=O)OC[C@]1(F)C[C@]1(Cn1cnc2c(Cl)nc(N)nc21)[Se]c1ccccc1. The first kappa shape index (κ1) is 19.1. The van der Waals surface area contributed by atoms with Crippen molar-refractivity contribution in [3.8, 4) is 0 Å². The normalized spacial score (nSPS) is 23.7. The van der Waals surface area contributed by atoms with Crippen LogP contribution in [0.15, 0.2) is 36.7 Å². The summed E-state index contributed by atoms with van der Waals surface area (Å²) in [7, 11) is 0. The molecule has 0 amide bonds. The molecule has 0 bridgehead atoms. The van der Waals surface area contributed by atoms with Gasteiger partial charge in [-0.25, -0.2) is 0 Å². The van der Waals surface area contributed by atoms with E-state index in [4.69, 9.17) is 22.1 Å². The van der Waals surface area contributed by atoms with Crippen molar-refractivity contribution in [2.24, 2.45) is 0 Å². The second-order valence-corrected chi connectivity index (χ2v) is 10.2. The number of aromatic nitrogens is 4. The van der Waals surface area contributed by atoms with Crippen LogP contribution < -0.4 is 10.2 Å². The molecular formula is C18H17ClFN5O2Se. The molecular weight excluding hydrogens is 452 g/mol. The van der Waals surface area contributed by atoms with E-state index in [0.29, 0.717) is 17.7 Å². The summed E-state index contributed by atoms with van der Waals surface area (Å²) in [5, 5.41) is 0.158. The van der Waals surface area contributed by atoms with Gasteiger partial charge in [0.15, 0.2) is 0 Å². The number of carbonyl (C=O) groups is 1. The van der Waals surface area contributed by atoms with Crippen LogP contribution in [-0.4, -0.2) is 52.7 Å². The van der Waals surface area contributed by atoms with Crippen LogP contribution in [0.25, 0.3) is 11.2 Å². The quantitative estimate of drug-likeness (QED) is 0.337. The van der Waals surface area contributed by atoms with E-state index in [0.717, 1.165) is 4.46 Å². The zero-order valence-electron chi connectivity index (χ0n) is 14.9. The number of nitrogens with two attached hydrogens (primary N) is 1. The number of halogens is 2. The molecule has 7 nitrogen and oxygen atoms in total. The summed E-state index contributed by atoms with van der Waals surface area (Å²) in [4.78, 5) is 23.6. The minimum atomic E-state index is -1.60. The molecule has 2 heterocycles. The molecule has 1 fully saturated rings. The molecule has 0 saturated heterocycles. The molecule has 1 aliphatic rings. The molecule has 0 aliphatic heterocycles. The Morgan fingerprint density at radius 2 is 2.14 bits per heavy atom. The number of alkyl halides is 1. The molecule has 1 aromatic carbocycles. The first-order valence-electron chi connectivity index (χ1n) is 8.52. The van der Waals surface area contributed by atoms with Crippen molar-refractivity contribution >= 4 is 54.1 Å². The Balaban J connectivity index is 1.68. The summed E-state index contributed by atoms with van der Waals surface area (Å²) in [6, 6.07) is 9.75. The van der Waals surface area contributed by atoms with Crippen LogP contribution >= 0.6 is 11.6 Å². The minimum absolute atomic E-state index is 0.0316. The fraction of sp³-hybridized carbons (Fsp3) is 0.333. The van der Waals surface area contributed by atoms with Crippen LogP contribution in [-0.2, 0) is 16.1 Å². The average molecular weight is 469 g/mol. The zero-order chi connectivity index (χ0) is 19.9. The van der Waals surface area contributed by atoms with Crippen molar-refractivity contribution in [1.82, 2.24) is 19.5 Å². The number of benzene rings is 1. The van der Waals surface area contributed by atoms with Crippen molar-refractivity contribution in [3.05, 3.63) is 41.8 Å². The second kappa shape index (κ2) is 6.99. The van der Waals surface area contributed by atoms with Gasteiger partial charge in [0.25, 0.3) is 0 Å². The standard InChI is InChI=1S/C18H17ClFN5O2Se/c1-11(26)27-9-17(20)7-18(17,28-12-5-3-2-4-6-12)8-25-10-22-13-14(19)23-16(21)24-15(13)25/h2-6,10H,7-9H2,1H3,(H2,21,23,24)/t17-,18-/m1/s1. The number of imidazole rings is 1. The van der Waals surface area contributed by atoms with Crippen molar-refractivity contribution < 1.29 is 13.9 Å². The van der Waals surface area contributed by atoms with E-state index in [9.17, 15) is 4.79 Å². The number of anilines is 1. The van der Waals surface area contributed by atoms with Crippen molar-refractivity contribution in [3.63, 3.8) is 0 Å². The molecule has 4 rings (SSSR count). The molecule has 1 saturated carbocycles. The number of ether oxygens (including phenoxy) is 1. The van der Waals surface area contributed by atoms with Gasteiger partial charge in [0.05, 0.1) is 0 Å². The van der Waals surface area contributed by atoms with E-state index in [-0.39, 0.29) is 39.1 Å². The number of nitrogens with zero attached hydrogens (tertiary/aromatic N) is 4. The van der Waals surface area contributed by atoms with Gasteiger partial charge in [-0.1, -0.05) is 0 Å². The van der Waals surface area contributed by atoms with Gasteiger partial charge < -0.3 is 0 Å². The Morgan fingerprint density at radius 3 is 2.86 bits per heavy atom. The number of hydrogen-bond acceptors (Lipinski definition) is 6. The fourth-order valence-electron chi connectivity index (χ4n) is 3.20. The third-order valence-electron chi connectivity index (χ3n) is 4.68. The zero-order valence-corrected chi connectivity index (χ0v) is 17.4. The van der Waals surface area contributed by atoms with Crippen molar-refractivity contribution in [2.45, 2.75) is 29.9 Å². The van der Waals surface area contributed by atoms with E-state index in [1.54, 1.807) is 10.9 Å². The summed E-state index contributed by atoms with van der Waals surface area (Å²) in [6.07, 6.45) is 1.86. The maximum atomic E-state index is 15.6. The monoisotopic (exact) mass is 469 g/mol. The third kappa shape index (κ3) is 3.45. The van der Waals surface area contributed by atoms with Gasteiger partial charge >= 0.3 is 172 Å². The molecule has 10 heteroatoms. The average Bonchev–Trinajstić information content (AvgIpc) is 2.99. The number of nitrogen functional groups attached to an aromatic ring is 1. The number of fused-ring (bicyclic) bond motifs is 1. The second-order valence-electron chi connectivity index (χ2n) is 6.75. The molecule has 3 aromatic rings. The summed E-state index contributed by atoms with van der Waals surface area (Å²) in [5.41, 5.74) is 4.99. The van der Waals surface area contributed by atoms with Crippen molar-refractivity contribution in [2.75, 3.05) is 12.3 Å².